The van der Waals surface area contributed by atoms with Crippen molar-refractivity contribution in [1.82, 2.24) is 10.3 Å². The molecule has 27 heavy (non-hydrogen) atoms. The number of Topliss-reactive ketones (excluding diaryl/α,β-unsaturated/α-hetero) is 1. The molecule has 1 aliphatic rings. The molecule has 0 saturated carbocycles. The Labute approximate surface area is 157 Å². The van der Waals surface area contributed by atoms with Gasteiger partial charge in [-0.15, -0.1) is 0 Å². The average molecular weight is 396 g/mol. The first-order valence-corrected chi connectivity index (χ1v) is 8.79. The van der Waals surface area contributed by atoms with Crippen LogP contribution in [0, 0.1) is 17.5 Å². The first-order valence-electron chi connectivity index (χ1n) is 7.97. The summed E-state index contributed by atoms with van der Waals surface area (Å²) >= 11 is 1.13. The Bertz CT molecular complexity index is 915. The van der Waals surface area contributed by atoms with E-state index in [9.17, 15) is 27.9 Å². The number of halogens is 3. The lowest BCUT2D eigenvalue weighted by atomic mass is 9.98. The standard InChI is InChI=1S/C18H15F3N2O3S/c1-18(8-24)15(25)3-9-2-10(6-23-17(9)27-18)16(26)22-7-12-13(20)4-11(19)5-14(12)21/h2,4-6,24H,3,7-8H2,1H3,(H,22,26). The first kappa shape index (κ1) is 19.4. The zero-order valence-electron chi connectivity index (χ0n) is 14.2. The highest BCUT2D eigenvalue weighted by Gasteiger charge is 2.39. The largest absolute Gasteiger partial charge is 0.394 e. The van der Waals surface area contributed by atoms with Gasteiger partial charge in [0, 0.05) is 36.9 Å². The van der Waals surface area contributed by atoms with Crippen LogP contribution in [-0.2, 0) is 17.8 Å². The van der Waals surface area contributed by atoms with Gasteiger partial charge in [0.05, 0.1) is 12.2 Å². The monoisotopic (exact) mass is 396 g/mol. The van der Waals surface area contributed by atoms with E-state index in [1.807, 2.05) is 0 Å². The number of aliphatic hydroxyl groups is 1. The molecule has 0 saturated heterocycles. The molecule has 3 rings (SSSR count). The molecule has 2 N–H and O–H groups in total. The fraction of sp³-hybridized carbons (Fsp3) is 0.278. The quantitative estimate of drug-likeness (QED) is 0.830. The van der Waals surface area contributed by atoms with Crippen LogP contribution in [0.4, 0.5) is 13.2 Å². The number of pyridine rings is 1. The predicted octanol–water partition coefficient (Wildman–Crippen LogP) is 2.40. The molecule has 1 aliphatic heterocycles. The predicted molar refractivity (Wildman–Crippen MR) is 91.8 cm³/mol. The van der Waals surface area contributed by atoms with E-state index < -0.39 is 40.2 Å². The Balaban J connectivity index is 1.76. The Kier molecular flexibility index (Phi) is 5.25. The van der Waals surface area contributed by atoms with E-state index in [-0.39, 0.29) is 24.4 Å². The molecule has 0 radical (unpaired) electrons. The molecule has 9 heteroatoms. The highest BCUT2D eigenvalue weighted by Crippen LogP contribution is 2.39. The van der Waals surface area contributed by atoms with E-state index in [4.69, 9.17) is 0 Å². The Hall–Kier alpha value is -2.39. The lowest BCUT2D eigenvalue weighted by Crippen LogP contribution is -2.40. The van der Waals surface area contributed by atoms with E-state index in [1.54, 1.807) is 6.92 Å². The number of carbonyl (C=O) groups is 2. The van der Waals surface area contributed by atoms with Gasteiger partial charge in [-0.1, -0.05) is 11.8 Å². The number of aromatic nitrogens is 1. The van der Waals surface area contributed by atoms with Crippen LogP contribution in [0.25, 0.3) is 0 Å². The number of benzene rings is 1. The summed E-state index contributed by atoms with van der Waals surface area (Å²) in [5.74, 6) is -4.06. The first-order chi connectivity index (χ1) is 12.7. The zero-order chi connectivity index (χ0) is 19.8. The minimum atomic E-state index is -1.10. The lowest BCUT2D eigenvalue weighted by Gasteiger charge is -2.30. The van der Waals surface area contributed by atoms with Crippen molar-refractivity contribution in [2.24, 2.45) is 0 Å². The Morgan fingerprint density at radius 2 is 1.96 bits per heavy atom. The van der Waals surface area contributed by atoms with Gasteiger partial charge >= 0.3 is 0 Å². The molecule has 1 aromatic heterocycles. The van der Waals surface area contributed by atoms with Crippen molar-refractivity contribution in [3.05, 3.63) is 58.5 Å². The zero-order valence-corrected chi connectivity index (χ0v) is 15.0. The molecular weight excluding hydrogens is 381 g/mol. The van der Waals surface area contributed by atoms with Crippen LogP contribution < -0.4 is 5.32 Å². The summed E-state index contributed by atoms with van der Waals surface area (Å²) < 4.78 is 39.2. The fourth-order valence-corrected chi connectivity index (χ4v) is 3.65. The highest BCUT2D eigenvalue weighted by atomic mass is 32.2. The number of nitrogens with zero attached hydrogens (tertiary/aromatic N) is 1. The molecule has 2 heterocycles. The minimum absolute atomic E-state index is 0.0226. The summed E-state index contributed by atoms with van der Waals surface area (Å²) in [5, 5.41) is 12.3. The van der Waals surface area contributed by atoms with E-state index in [0.717, 1.165) is 11.8 Å². The number of aliphatic hydroxyl groups excluding tert-OH is 1. The smallest absolute Gasteiger partial charge is 0.253 e. The number of thioether (sulfide) groups is 1. The summed E-state index contributed by atoms with van der Waals surface area (Å²) in [5.41, 5.74) is 0.209. The van der Waals surface area contributed by atoms with Crippen molar-refractivity contribution in [3.63, 3.8) is 0 Å². The number of ketones is 1. The molecule has 1 aromatic carbocycles. The molecule has 1 amide bonds. The summed E-state index contributed by atoms with van der Waals surface area (Å²) in [7, 11) is 0. The summed E-state index contributed by atoms with van der Waals surface area (Å²) in [4.78, 5) is 28.6. The molecule has 1 unspecified atom stereocenters. The van der Waals surface area contributed by atoms with E-state index in [2.05, 4.69) is 10.3 Å². The van der Waals surface area contributed by atoms with Gasteiger partial charge in [0.1, 0.15) is 27.2 Å². The minimum Gasteiger partial charge on any atom is -0.394 e. The van der Waals surface area contributed by atoms with Crippen molar-refractivity contribution in [1.29, 1.82) is 0 Å². The normalized spacial score (nSPS) is 18.9. The Morgan fingerprint density at radius 1 is 1.30 bits per heavy atom. The van der Waals surface area contributed by atoms with Gasteiger partial charge in [-0.3, -0.25) is 9.59 Å². The van der Waals surface area contributed by atoms with Gasteiger partial charge in [0.25, 0.3) is 5.91 Å². The fourth-order valence-electron chi connectivity index (χ4n) is 2.60. The highest BCUT2D eigenvalue weighted by molar-refractivity contribution is 8.01. The molecular formula is C18H15F3N2O3S. The third-order valence-corrected chi connectivity index (χ3v) is 5.65. The van der Waals surface area contributed by atoms with Gasteiger partial charge in [0.15, 0.2) is 5.78 Å². The van der Waals surface area contributed by atoms with Gasteiger partial charge in [0.2, 0.25) is 0 Å². The topological polar surface area (TPSA) is 79.3 Å². The number of hydrogen-bond donors (Lipinski definition) is 2. The maximum Gasteiger partial charge on any atom is 0.253 e. The van der Waals surface area contributed by atoms with E-state index in [0.29, 0.717) is 22.7 Å². The number of nitrogens with one attached hydrogen (secondary N) is 1. The number of carbonyl (C=O) groups excluding carboxylic acids is 2. The van der Waals surface area contributed by atoms with Crippen LogP contribution >= 0.6 is 11.8 Å². The van der Waals surface area contributed by atoms with Crippen molar-refractivity contribution < 1.29 is 27.9 Å². The molecule has 0 spiro atoms. The maximum atomic E-state index is 13.6. The second kappa shape index (κ2) is 7.32. The van der Waals surface area contributed by atoms with Crippen molar-refractivity contribution in [3.8, 4) is 0 Å². The number of amides is 1. The summed E-state index contributed by atoms with van der Waals surface area (Å²) in [6, 6.07) is 2.55. The number of hydrogen-bond acceptors (Lipinski definition) is 5. The van der Waals surface area contributed by atoms with Gasteiger partial charge < -0.3 is 10.4 Å². The summed E-state index contributed by atoms with van der Waals surface area (Å²) in [6.07, 6.45) is 1.31. The van der Waals surface area contributed by atoms with E-state index in [1.165, 1.54) is 12.3 Å². The number of fused-ring (bicyclic) bond motifs is 1. The molecule has 0 bridgehead atoms. The van der Waals surface area contributed by atoms with Crippen LogP contribution in [-0.4, -0.2) is 33.1 Å². The van der Waals surface area contributed by atoms with Crippen LogP contribution in [0.2, 0.25) is 0 Å². The van der Waals surface area contributed by atoms with Gasteiger partial charge in [-0.05, 0) is 18.6 Å². The third-order valence-electron chi connectivity index (χ3n) is 4.28. The van der Waals surface area contributed by atoms with Crippen LogP contribution in [0.1, 0.15) is 28.4 Å². The third kappa shape index (κ3) is 3.84. The van der Waals surface area contributed by atoms with Crippen molar-refractivity contribution in [2.75, 3.05) is 6.61 Å². The van der Waals surface area contributed by atoms with Crippen LogP contribution in [0.3, 0.4) is 0 Å². The molecule has 1 atom stereocenters. The molecule has 142 valence electrons. The van der Waals surface area contributed by atoms with Gasteiger partial charge in [-0.25, -0.2) is 18.2 Å². The SMILES string of the molecule is CC1(CO)Sc2ncc(C(=O)NCc3c(F)cc(F)cc3F)cc2CC1=O. The number of rotatable bonds is 4. The van der Waals surface area contributed by atoms with Crippen molar-refractivity contribution >= 4 is 23.5 Å². The molecule has 0 fully saturated rings. The second-order valence-electron chi connectivity index (χ2n) is 6.31. The maximum absolute atomic E-state index is 13.6. The van der Waals surface area contributed by atoms with Crippen LogP contribution in [0.15, 0.2) is 29.4 Å². The molecule has 5 nitrogen and oxygen atoms in total. The second-order valence-corrected chi connectivity index (χ2v) is 7.80. The molecule has 0 aliphatic carbocycles. The lowest BCUT2D eigenvalue weighted by molar-refractivity contribution is -0.121. The average Bonchev–Trinajstić information content (AvgIpc) is 2.61. The molecule has 2 aromatic rings. The van der Waals surface area contributed by atoms with E-state index >= 15 is 0 Å². The Morgan fingerprint density at radius 3 is 2.59 bits per heavy atom. The summed E-state index contributed by atoms with van der Waals surface area (Å²) in [6.45, 7) is 0.829. The van der Waals surface area contributed by atoms with Gasteiger partial charge in [-0.2, -0.15) is 0 Å². The van der Waals surface area contributed by atoms with Crippen molar-refractivity contribution in [2.45, 2.75) is 29.7 Å². The van der Waals surface area contributed by atoms with Crippen LogP contribution in [0.5, 0.6) is 0 Å².